The van der Waals surface area contributed by atoms with Crippen LogP contribution in [-0.2, 0) is 21.2 Å². The summed E-state index contributed by atoms with van der Waals surface area (Å²) in [6.45, 7) is 5.85. The van der Waals surface area contributed by atoms with Crippen molar-refractivity contribution in [1.82, 2.24) is 14.4 Å². The van der Waals surface area contributed by atoms with Crippen LogP contribution in [0.2, 0.25) is 0 Å². The number of hydrogen-bond donors (Lipinski definition) is 0. The van der Waals surface area contributed by atoms with E-state index >= 15 is 0 Å². The lowest BCUT2D eigenvalue weighted by molar-refractivity contribution is -0.120. The lowest BCUT2D eigenvalue weighted by Crippen LogP contribution is -2.50. The number of piperidine rings is 1. The second-order valence-electron chi connectivity index (χ2n) is 8.13. The SMILES string of the molecule is CCOc1ccc(S(=O)(=O)N2CCC3(CC2)CC(Cc2noc(C)n2)CCO3)cc1. The third kappa shape index (κ3) is 4.53. The summed E-state index contributed by atoms with van der Waals surface area (Å²) in [5.74, 6) is 2.42. The van der Waals surface area contributed by atoms with Crippen LogP contribution in [0.25, 0.3) is 0 Å². The first kappa shape index (κ1) is 21.3. The quantitative estimate of drug-likeness (QED) is 0.688. The molecule has 0 aliphatic carbocycles. The van der Waals surface area contributed by atoms with E-state index in [1.807, 2.05) is 6.92 Å². The van der Waals surface area contributed by atoms with Gasteiger partial charge in [0.15, 0.2) is 5.82 Å². The molecule has 3 heterocycles. The van der Waals surface area contributed by atoms with Crippen LogP contribution in [0.5, 0.6) is 5.75 Å². The second kappa shape index (κ2) is 8.64. The molecule has 1 unspecified atom stereocenters. The Kier molecular flexibility index (Phi) is 6.13. The van der Waals surface area contributed by atoms with E-state index in [0.29, 0.717) is 61.6 Å². The minimum atomic E-state index is -3.52. The third-order valence-electron chi connectivity index (χ3n) is 6.04. The Morgan fingerprint density at radius 2 is 1.97 bits per heavy atom. The average Bonchev–Trinajstić information content (AvgIpc) is 3.14. The third-order valence-corrected chi connectivity index (χ3v) is 7.95. The monoisotopic (exact) mass is 435 g/mol. The fraction of sp³-hybridized carbons (Fsp3) is 0.619. The van der Waals surface area contributed by atoms with Gasteiger partial charge in [0.1, 0.15) is 5.75 Å². The molecule has 1 spiro atoms. The Balaban J connectivity index is 1.38. The van der Waals surface area contributed by atoms with Crippen LogP contribution in [0, 0.1) is 12.8 Å². The van der Waals surface area contributed by atoms with Crippen molar-refractivity contribution >= 4 is 10.0 Å². The Labute approximate surface area is 177 Å². The number of ether oxygens (including phenoxy) is 2. The second-order valence-corrected chi connectivity index (χ2v) is 10.1. The van der Waals surface area contributed by atoms with Crippen LogP contribution in [0.3, 0.4) is 0 Å². The molecule has 0 saturated carbocycles. The summed E-state index contributed by atoms with van der Waals surface area (Å²) >= 11 is 0. The highest BCUT2D eigenvalue weighted by Gasteiger charge is 2.43. The van der Waals surface area contributed by atoms with Gasteiger partial charge in [0, 0.05) is 33.0 Å². The predicted octanol–water partition coefficient (Wildman–Crippen LogP) is 2.97. The number of nitrogens with zero attached hydrogens (tertiary/aromatic N) is 3. The first-order chi connectivity index (χ1) is 14.4. The summed E-state index contributed by atoms with van der Waals surface area (Å²) in [5.41, 5.74) is -0.257. The highest BCUT2D eigenvalue weighted by molar-refractivity contribution is 7.89. The Morgan fingerprint density at radius 1 is 1.23 bits per heavy atom. The van der Waals surface area contributed by atoms with Crippen LogP contribution >= 0.6 is 0 Å². The fourth-order valence-corrected chi connectivity index (χ4v) is 5.93. The van der Waals surface area contributed by atoms with Gasteiger partial charge in [-0.1, -0.05) is 5.16 Å². The number of hydrogen-bond acceptors (Lipinski definition) is 7. The van der Waals surface area contributed by atoms with Gasteiger partial charge >= 0.3 is 0 Å². The molecule has 0 N–H and O–H groups in total. The number of benzene rings is 1. The van der Waals surface area contributed by atoms with Gasteiger partial charge in [-0.3, -0.25) is 0 Å². The van der Waals surface area contributed by atoms with E-state index in [1.54, 1.807) is 35.5 Å². The minimum absolute atomic E-state index is 0.257. The van der Waals surface area contributed by atoms with E-state index in [9.17, 15) is 8.42 Å². The molecule has 164 valence electrons. The maximum absolute atomic E-state index is 13.1. The summed E-state index contributed by atoms with van der Waals surface area (Å²) in [6.07, 6.45) is 4.04. The molecule has 2 fully saturated rings. The van der Waals surface area contributed by atoms with E-state index in [1.165, 1.54) is 0 Å². The zero-order chi connectivity index (χ0) is 21.2. The summed E-state index contributed by atoms with van der Waals surface area (Å²) in [5, 5.41) is 4.02. The van der Waals surface area contributed by atoms with Gasteiger partial charge in [0.05, 0.1) is 17.1 Å². The molecule has 0 bridgehead atoms. The van der Waals surface area contributed by atoms with E-state index in [0.717, 1.165) is 25.1 Å². The molecule has 1 aromatic heterocycles. The summed E-state index contributed by atoms with van der Waals surface area (Å²) in [4.78, 5) is 4.62. The van der Waals surface area contributed by atoms with Crippen molar-refractivity contribution in [3.8, 4) is 5.75 Å². The van der Waals surface area contributed by atoms with E-state index < -0.39 is 10.0 Å². The van der Waals surface area contributed by atoms with Crippen LogP contribution in [0.1, 0.15) is 44.3 Å². The van der Waals surface area contributed by atoms with Crippen molar-refractivity contribution in [2.24, 2.45) is 5.92 Å². The largest absolute Gasteiger partial charge is 0.494 e. The van der Waals surface area contributed by atoms with Crippen molar-refractivity contribution < 1.29 is 22.4 Å². The Bertz CT molecular complexity index is 949. The molecule has 30 heavy (non-hydrogen) atoms. The smallest absolute Gasteiger partial charge is 0.243 e. The molecule has 2 aromatic rings. The highest BCUT2D eigenvalue weighted by atomic mass is 32.2. The van der Waals surface area contributed by atoms with Gasteiger partial charge in [-0.05, 0) is 62.8 Å². The lowest BCUT2D eigenvalue weighted by atomic mass is 9.78. The van der Waals surface area contributed by atoms with Crippen LogP contribution < -0.4 is 4.74 Å². The van der Waals surface area contributed by atoms with E-state index in [2.05, 4.69) is 10.1 Å². The summed E-state index contributed by atoms with van der Waals surface area (Å²) in [7, 11) is -3.52. The number of aryl methyl sites for hydroxylation is 1. The number of rotatable bonds is 6. The fourth-order valence-electron chi connectivity index (χ4n) is 4.49. The van der Waals surface area contributed by atoms with Gasteiger partial charge in [-0.25, -0.2) is 8.42 Å². The molecular formula is C21H29N3O5S. The number of sulfonamides is 1. The van der Waals surface area contributed by atoms with Crippen LogP contribution in [-0.4, -0.2) is 54.8 Å². The van der Waals surface area contributed by atoms with Crippen molar-refractivity contribution in [3.05, 3.63) is 36.0 Å². The summed E-state index contributed by atoms with van der Waals surface area (Å²) in [6, 6.07) is 6.64. The highest BCUT2D eigenvalue weighted by Crippen LogP contribution is 2.39. The van der Waals surface area contributed by atoms with Crippen molar-refractivity contribution in [2.45, 2.75) is 56.4 Å². The zero-order valence-corrected chi connectivity index (χ0v) is 18.4. The van der Waals surface area contributed by atoms with Gasteiger partial charge in [-0.2, -0.15) is 9.29 Å². The molecular weight excluding hydrogens is 406 g/mol. The van der Waals surface area contributed by atoms with Gasteiger partial charge < -0.3 is 14.0 Å². The lowest BCUT2D eigenvalue weighted by Gasteiger charge is -2.45. The first-order valence-electron chi connectivity index (χ1n) is 10.6. The molecule has 9 heteroatoms. The van der Waals surface area contributed by atoms with Gasteiger partial charge in [-0.15, -0.1) is 0 Å². The standard InChI is InChI=1S/C21H29N3O5S/c1-3-27-18-4-6-19(7-5-18)30(25,26)24-11-9-21(10-12-24)15-17(8-13-28-21)14-20-22-16(2)29-23-20/h4-7,17H,3,8-15H2,1-2H3. The van der Waals surface area contributed by atoms with Gasteiger partial charge in [0.2, 0.25) is 15.9 Å². The molecule has 4 rings (SSSR count). The van der Waals surface area contributed by atoms with Crippen molar-refractivity contribution in [2.75, 3.05) is 26.3 Å². The van der Waals surface area contributed by atoms with Crippen molar-refractivity contribution in [1.29, 1.82) is 0 Å². The molecule has 1 atom stereocenters. The molecule has 1 aromatic carbocycles. The first-order valence-corrected chi connectivity index (χ1v) is 12.0. The topological polar surface area (TPSA) is 94.8 Å². The molecule has 2 saturated heterocycles. The van der Waals surface area contributed by atoms with Gasteiger partial charge in [0.25, 0.3) is 0 Å². The maximum atomic E-state index is 13.1. The van der Waals surface area contributed by atoms with E-state index in [-0.39, 0.29) is 5.60 Å². The normalized spacial score (nSPS) is 22.3. The Hall–Kier alpha value is -1.97. The summed E-state index contributed by atoms with van der Waals surface area (Å²) < 4.78 is 44.4. The molecule has 0 amide bonds. The van der Waals surface area contributed by atoms with Crippen LogP contribution in [0.15, 0.2) is 33.7 Å². The zero-order valence-electron chi connectivity index (χ0n) is 17.5. The Morgan fingerprint density at radius 3 is 2.60 bits per heavy atom. The molecule has 2 aliphatic rings. The van der Waals surface area contributed by atoms with E-state index in [4.69, 9.17) is 14.0 Å². The average molecular weight is 436 g/mol. The molecule has 2 aliphatic heterocycles. The minimum Gasteiger partial charge on any atom is -0.494 e. The number of aromatic nitrogens is 2. The molecule has 8 nitrogen and oxygen atoms in total. The predicted molar refractivity (Wildman–Crippen MR) is 110 cm³/mol. The molecule has 0 radical (unpaired) electrons. The maximum Gasteiger partial charge on any atom is 0.243 e. The van der Waals surface area contributed by atoms with Crippen molar-refractivity contribution in [3.63, 3.8) is 0 Å². The van der Waals surface area contributed by atoms with Crippen LogP contribution in [0.4, 0.5) is 0 Å².